The van der Waals surface area contributed by atoms with Gasteiger partial charge in [0.1, 0.15) is 5.56 Å². The van der Waals surface area contributed by atoms with Crippen molar-refractivity contribution in [1.82, 2.24) is 4.57 Å². The van der Waals surface area contributed by atoms with Gasteiger partial charge in [-0.15, -0.1) is 0 Å². The molecule has 1 fully saturated rings. The van der Waals surface area contributed by atoms with Crippen LogP contribution in [0.2, 0.25) is 0 Å². The lowest BCUT2D eigenvalue weighted by Gasteiger charge is -2.29. The minimum atomic E-state index is -2.31. The summed E-state index contributed by atoms with van der Waals surface area (Å²) in [6.07, 6.45) is 3.19. The van der Waals surface area contributed by atoms with Gasteiger partial charge in [-0.25, -0.2) is 26.7 Å². The molecule has 1 aliphatic rings. The number of esters is 1. The van der Waals surface area contributed by atoms with E-state index < -0.39 is 40.6 Å². The van der Waals surface area contributed by atoms with Crippen molar-refractivity contribution in [1.29, 1.82) is 0 Å². The lowest BCUT2D eigenvalue weighted by Crippen LogP contribution is -2.24. The molecule has 1 aromatic heterocycles. The van der Waals surface area contributed by atoms with E-state index in [0.717, 1.165) is 32.2 Å². The second-order valence-electron chi connectivity index (χ2n) is 9.08. The van der Waals surface area contributed by atoms with E-state index >= 15 is 0 Å². The SMILES string of the molecule is O=C(OCC1CCC(Cn2c3ccccc3c3ccccc32)CC1)c1c(F)c(F)c(F)c(F)c1F. The maximum absolute atomic E-state index is 13.8. The normalized spacial score (nSPS) is 18.3. The van der Waals surface area contributed by atoms with Gasteiger partial charge in [-0.2, -0.15) is 0 Å². The average molecular weight is 487 g/mol. The number of benzene rings is 3. The van der Waals surface area contributed by atoms with Gasteiger partial charge in [0.05, 0.1) is 6.61 Å². The molecular formula is C27H22F5NO2. The van der Waals surface area contributed by atoms with E-state index in [9.17, 15) is 26.7 Å². The zero-order valence-corrected chi connectivity index (χ0v) is 18.7. The molecule has 0 N–H and O–H groups in total. The van der Waals surface area contributed by atoms with E-state index in [1.165, 1.54) is 21.8 Å². The van der Waals surface area contributed by atoms with Crippen molar-refractivity contribution < 1.29 is 31.5 Å². The van der Waals surface area contributed by atoms with Gasteiger partial charge in [-0.3, -0.25) is 0 Å². The largest absolute Gasteiger partial charge is 0.462 e. The summed E-state index contributed by atoms with van der Waals surface area (Å²) in [6.45, 7) is 0.700. The van der Waals surface area contributed by atoms with Gasteiger partial charge in [-0.05, 0) is 49.7 Å². The van der Waals surface area contributed by atoms with Crippen molar-refractivity contribution in [3.8, 4) is 0 Å². The summed E-state index contributed by atoms with van der Waals surface area (Å²) in [7, 11) is 0. The fraction of sp³-hybridized carbons (Fsp3) is 0.296. The maximum Gasteiger partial charge on any atom is 0.344 e. The number of halogens is 5. The summed E-state index contributed by atoms with van der Waals surface area (Å²) in [5, 5.41) is 2.41. The predicted molar refractivity (Wildman–Crippen MR) is 121 cm³/mol. The van der Waals surface area contributed by atoms with Crippen molar-refractivity contribution in [3.63, 3.8) is 0 Å². The van der Waals surface area contributed by atoms with Crippen LogP contribution in [-0.2, 0) is 11.3 Å². The molecule has 35 heavy (non-hydrogen) atoms. The average Bonchev–Trinajstić information content (AvgIpc) is 3.19. The predicted octanol–water partition coefficient (Wildman–Crippen LogP) is 7.15. The first-order valence-electron chi connectivity index (χ1n) is 11.5. The lowest BCUT2D eigenvalue weighted by molar-refractivity contribution is 0.0378. The minimum Gasteiger partial charge on any atom is -0.462 e. The Labute approximate surface area is 198 Å². The third-order valence-electron chi connectivity index (χ3n) is 6.95. The lowest BCUT2D eigenvalue weighted by atomic mass is 9.82. The van der Waals surface area contributed by atoms with Crippen molar-refractivity contribution in [2.24, 2.45) is 11.8 Å². The molecule has 1 heterocycles. The van der Waals surface area contributed by atoms with Crippen molar-refractivity contribution in [2.75, 3.05) is 6.61 Å². The van der Waals surface area contributed by atoms with E-state index in [4.69, 9.17) is 4.74 Å². The fourth-order valence-corrected chi connectivity index (χ4v) is 5.09. The third-order valence-corrected chi connectivity index (χ3v) is 6.95. The second-order valence-corrected chi connectivity index (χ2v) is 9.08. The topological polar surface area (TPSA) is 31.2 Å². The Hall–Kier alpha value is -3.42. The van der Waals surface area contributed by atoms with Gasteiger partial charge in [-0.1, -0.05) is 36.4 Å². The van der Waals surface area contributed by atoms with Crippen LogP contribution in [0.25, 0.3) is 21.8 Å². The molecule has 4 aromatic rings. The van der Waals surface area contributed by atoms with Crippen LogP contribution in [0, 0.1) is 40.9 Å². The van der Waals surface area contributed by atoms with Gasteiger partial charge in [0.15, 0.2) is 23.3 Å². The molecule has 0 bridgehead atoms. The number of ether oxygens (including phenoxy) is 1. The van der Waals surface area contributed by atoms with Crippen LogP contribution in [0.15, 0.2) is 48.5 Å². The molecule has 0 radical (unpaired) electrons. The summed E-state index contributed by atoms with van der Waals surface area (Å²) in [6, 6.07) is 16.5. The Bertz CT molecular complexity index is 1340. The highest BCUT2D eigenvalue weighted by Gasteiger charge is 2.31. The summed E-state index contributed by atoms with van der Waals surface area (Å²) in [5.41, 5.74) is 0.793. The molecule has 3 aromatic carbocycles. The molecule has 8 heteroatoms. The van der Waals surface area contributed by atoms with E-state index in [1.807, 2.05) is 24.3 Å². The molecule has 0 spiro atoms. The van der Waals surface area contributed by atoms with Crippen LogP contribution in [0.1, 0.15) is 36.0 Å². The van der Waals surface area contributed by atoms with Crippen LogP contribution in [0.3, 0.4) is 0 Å². The molecule has 0 aliphatic heterocycles. The summed E-state index contributed by atoms with van der Waals surface area (Å²) < 4.78 is 74.9. The minimum absolute atomic E-state index is 0.0467. The Kier molecular flexibility index (Phi) is 6.21. The van der Waals surface area contributed by atoms with Crippen LogP contribution in [-0.4, -0.2) is 17.1 Å². The monoisotopic (exact) mass is 487 g/mol. The Morgan fingerprint density at radius 2 is 1.17 bits per heavy atom. The maximum atomic E-state index is 13.8. The molecule has 0 atom stereocenters. The molecule has 1 saturated carbocycles. The Morgan fingerprint density at radius 1 is 0.714 bits per heavy atom. The van der Waals surface area contributed by atoms with Crippen molar-refractivity contribution >= 4 is 27.8 Å². The molecule has 0 amide bonds. The zero-order valence-electron chi connectivity index (χ0n) is 18.7. The number of para-hydroxylation sites is 2. The first-order valence-corrected chi connectivity index (χ1v) is 11.5. The smallest absolute Gasteiger partial charge is 0.344 e. The highest BCUT2D eigenvalue weighted by atomic mass is 19.2. The standard InChI is InChI=1S/C27H22F5NO2/c28-22-21(23(29)25(31)26(32)24(22)30)27(34)35-14-16-11-9-15(10-12-16)13-33-19-7-3-1-5-17(19)18-6-2-4-8-20(18)33/h1-8,15-16H,9-14H2. The number of nitrogens with zero attached hydrogens (tertiary/aromatic N) is 1. The summed E-state index contributed by atoms with van der Waals surface area (Å²) in [5.74, 6) is -12.2. The van der Waals surface area contributed by atoms with E-state index in [2.05, 4.69) is 28.8 Å². The molecule has 1 aliphatic carbocycles. The number of carbonyl (C=O) groups is 1. The summed E-state index contributed by atoms with van der Waals surface area (Å²) in [4.78, 5) is 12.1. The molecule has 0 saturated heterocycles. The van der Waals surface area contributed by atoms with Crippen LogP contribution < -0.4 is 0 Å². The molecule has 0 unspecified atom stereocenters. The van der Waals surface area contributed by atoms with Crippen LogP contribution in [0.5, 0.6) is 0 Å². The van der Waals surface area contributed by atoms with E-state index in [0.29, 0.717) is 5.92 Å². The number of rotatable bonds is 5. The quantitative estimate of drug-likeness (QED) is 0.130. The second kappa shape index (κ2) is 9.32. The number of aromatic nitrogens is 1. The fourth-order valence-electron chi connectivity index (χ4n) is 5.09. The third kappa shape index (κ3) is 4.15. The number of hydrogen-bond donors (Lipinski definition) is 0. The van der Waals surface area contributed by atoms with E-state index in [-0.39, 0.29) is 12.5 Å². The van der Waals surface area contributed by atoms with Gasteiger partial charge >= 0.3 is 5.97 Å². The van der Waals surface area contributed by atoms with Crippen LogP contribution in [0.4, 0.5) is 22.0 Å². The summed E-state index contributed by atoms with van der Waals surface area (Å²) >= 11 is 0. The first kappa shape index (κ1) is 23.3. The van der Waals surface area contributed by atoms with Crippen molar-refractivity contribution in [3.05, 3.63) is 83.2 Å². The van der Waals surface area contributed by atoms with Gasteiger partial charge in [0, 0.05) is 28.4 Å². The van der Waals surface area contributed by atoms with Gasteiger partial charge in [0.2, 0.25) is 5.82 Å². The molecule has 182 valence electrons. The number of fused-ring (bicyclic) bond motifs is 3. The molecular weight excluding hydrogens is 465 g/mol. The first-order chi connectivity index (χ1) is 16.9. The Morgan fingerprint density at radius 3 is 1.71 bits per heavy atom. The van der Waals surface area contributed by atoms with Crippen molar-refractivity contribution in [2.45, 2.75) is 32.2 Å². The van der Waals surface area contributed by atoms with Crippen LogP contribution >= 0.6 is 0 Å². The number of carbonyl (C=O) groups excluding carboxylic acids is 1. The zero-order chi connectivity index (χ0) is 24.7. The highest BCUT2D eigenvalue weighted by Crippen LogP contribution is 2.34. The molecule has 5 rings (SSSR count). The number of hydrogen-bond acceptors (Lipinski definition) is 2. The molecule has 3 nitrogen and oxygen atoms in total. The van der Waals surface area contributed by atoms with E-state index in [1.54, 1.807) is 0 Å². The highest BCUT2D eigenvalue weighted by molar-refractivity contribution is 6.07. The van der Waals surface area contributed by atoms with Gasteiger partial charge < -0.3 is 9.30 Å². The Balaban J connectivity index is 1.23. The van der Waals surface area contributed by atoms with Gasteiger partial charge in [0.25, 0.3) is 0 Å².